The second-order valence-electron chi connectivity index (χ2n) is 4.49. The summed E-state index contributed by atoms with van der Waals surface area (Å²) in [5.74, 6) is -1.62. The standard InChI is InChI=1S/C10H19N3O5S/c1-18-7-9(14)12-3-4-13(19(2,16)17)6-8(5-12)10(11)15/h8H,3-7H2,1-2H3,(H2,11,15)/t8-/m0/s1. The van der Waals surface area contributed by atoms with Gasteiger partial charge in [0.25, 0.3) is 0 Å². The van der Waals surface area contributed by atoms with E-state index in [1.54, 1.807) is 0 Å². The molecule has 0 saturated carbocycles. The number of sulfonamides is 1. The molecule has 1 atom stereocenters. The third-order valence-electron chi connectivity index (χ3n) is 2.98. The van der Waals surface area contributed by atoms with Crippen LogP contribution in [-0.4, -0.2) is 75.6 Å². The molecule has 1 saturated heterocycles. The Morgan fingerprint density at radius 1 is 1.32 bits per heavy atom. The van der Waals surface area contributed by atoms with E-state index in [0.717, 1.165) is 6.26 Å². The molecule has 2 amide bonds. The van der Waals surface area contributed by atoms with Crippen molar-refractivity contribution in [3.8, 4) is 0 Å². The van der Waals surface area contributed by atoms with Crippen LogP contribution < -0.4 is 5.73 Å². The lowest BCUT2D eigenvalue weighted by atomic mass is 10.1. The number of carbonyl (C=O) groups is 2. The minimum absolute atomic E-state index is 0.00489. The molecule has 0 bridgehead atoms. The van der Waals surface area contributed by atoms with Gasteiger partial charge in [0.2, 0.25) is 21.8 Å². The van der Waals surface area contributed by atoms with Gasteiger partial charge in [-0.2, -0.15) is 4.31 Å². The lowest BCUT2D eigenvalue weighted by molar-refractivity contribution is -0.136. The summed E-state index contributed by atoms with van der Waals surface area (Å²) < 4.78 is 29.0. The number of carbonyl (C=O) groups excluding carboxylic acids is 2. The van der Waals surface area contributed by atoms with Gasteiger partial charge in [-0.25, -0.2) is 8.42 Å². The van der Waals surface area contributed by atoms with Crippen molar-refractivity contribution in [2.75, 3.05) is 46.2 Å². The molecule has 0 spiro atoms. The average molecular weight is 293 g/mol. The molecule has 0 unspecified atom stereocenters. The van der Waals surface area contributed by atoms with Crippen molar-refractivity contribution < 1.29 is 22.7 Å². The smallest absolute Gasteiger partial charge is 0.248 e. The van der Waals surface area contributed by atoms with E-state index < -0.39 is 21.8 Å². The SMILES string of the molecule is COCC(=O)N1CCN(S(C)(=O)=O)C[C@@H](C(N)=O)C1. The summed E-state index contributed by atoms with van der Waals surface area (Å²) in [6.45, 7) is 0.385. The number of rotatable bonds is 4. The minimum atomic E-state index is -3.42. The van der Waals surface area contributed by atoms with Gasteiger partial charge in [0.1, 0.15) is 6.61 Å². The Morgan fingerprint density at radius 2 is 1.95 bits per heavy atom. The second kappa shape index (κ2) is 6.31. The van der Waals surface area contributed by atoms with Gasteiger partial charge in [-0.05, 0) is 0 Å². The molecule has 110 valence electrons. The van der Waals surface area contributed by atoms with E-state index in [0.29, 0.717) is 0 Å². The largest absolute Gasteiger partial charge is 0.375 e. The predicted octanol–water partition coefficient (Wildman–Crippen LogP) is -2.16. The fourth-order valence-electron chi connectivity index (χ4n) is 1.91. The first-order chi connectivity index (χ1) is 8.75. The number of nitrogens with zero attached hydrogens (tertiary/aromatic N) is 2. The fraction of sp³-hybridized carbons (Fsp3) is 0.800. The summed E-state index contributed by atoms with van der Waals surface area (Å²) in [4.78, 5) is 24.5. The van der Waals surface area contributed by atoms with Gasteiger partial charge in [-0.15, -0.1) is 0 Å². The van der Waals surface area contributed by atoms with Gasteiger partial charge in [0, 0.05) is 33.3 Å². The molecule has 0 aromatic heterocycles. The van der Waals surface area contributed by atoms with Crippen LogP contribution in [0.4, 0.5) is 0 Å². The number of nitrogens with two attached hydrogens (primary N) is 1. The van der Waals surface area contributed by atoms with Gasteiger partial charge in [0.15, 0.2) is 0 Å². The Hall–Kier alpha value is -1.19. The molecule has 1 rings (SSSR count). The van der Waals surface area contributed by atoms with E-state index in [4.69, 9.17) is 10.5 Å². The predicted molar refractivity (Wildman–Crippen MR) is 67.6 cm³/mol. The zero-order valence-electron chi connectivity index (χ0n) is 11.0. The maximum atomic E-state index is 11.8. The second-order valence-corrected chi connectivity index (χ2v) is 6.48. The van der Waals surface area contributed by atoms with Crippen LogP contribution in [0.25, 0.3) is 0 Å². The summed E-state index contributed by atoms with van der Waals surface area (Å²) in [6, 6.07) is 0. The van der Waals surface area contributed by atoms with E-state index in [1.807, 2.05) is 0 Å². The summed E-state index contributed by atoms with van der Waals surface area (Å²) in [5, 5.41) is 0. The normalized spacial score (nSPS) is 22.0. The van der Waals surface area contributed by atoms with Crippen LogP contribution in [-0.2, 0) is 24.3 Å². The topological polar surface area (TPSA) is 110 Å². The first-order valence-electron chi connectivity index (χ1n) is 5.77. The molecule has 1 aliphatic rings. The Morgan fingerprint density at radius 3 is 2.42 bits per heavy atom. The highest BCUT2D eigenvalue weighted by Gasteiger charge is 2.32. The zero-order valence-corrected chi connectivity index (χ0v) is 11.9. The van der Waals surface area contributed by atoms with Crippen molar-refractivity contribution >= 4 is 21.8 Å². The summed E-state index contributed by atoms with van der Waals surface area (Å²) in [5.41, 5.74) is 5.25. The third-order valence-corrected chi connectivity index (χ3v) is 4.25. The van der Waals surface area contributed by atoms with Crippen molar-refractivity contribution in [2.45, 2.75) is 0 Å². The van der Waals surface area contributed by atoms with Crippen LogP contribution in [0.3, 0.4) is 0 Å². The summed E-state index contributed by atoms with van der Waals surface area (Å²) in [6.07, 6.45) is 1.07. The molecular formula is C10H19N3O5S. The van der Waals surface area contributed by atoms with E-state index in [2.05, 4.69) is 0 Å². The monoisotopic (exact) mass is 293 g/mol. The molecule has 1 heterocycles. The van der Waals surface area contributed by atoms with Crippen molar-refractivity contribution in [1.82, 2.24) is 9.21 Å². The van der Waals surface area contributed by atoms with Crippen LogP contribution in [0.5, 0.6) is 0 Å². The number of methoxy groups -OCH3 is 1. The van der Waals surface area contributed by atoms with Crippen LogP contribution in [0, 0.1) is 5.92 Å². The average Bonchev–Trinajstić information content (AvgIpc) is 2.51. The van der Waals surface area contributed by atoms with Gasteiger partial charge in [0.05, 0.1) is 12.2 Å². The van der Waals surface area contributed by atoms with Crippen molar-refractivity contribution in [3.63, 3.8) is 0 Å². The zero-order chi connectivity index (χ0) is 14.6. The van der Waals surface area contributed by atoms with Gasteiger partial charge < -0.3 is 15.4 Å². The fourth-order valence-corrected chi connectivity index (χ4v) is 2.77. The molecule has 19 heavy (non-hydrogen) atoms. The van der Waals surface area contributed by atoms with E-state index in [9.17, 15) is 18.0 Å². The van der Waals surface area contributed by atoms with Gasteiger partial charge in [-0.1, -0.05) is 0 Å². The van der Waals surface area contributed by atoms with E-state index >= 15 is 0 Å². The Balaban J connectivity index is 2.88. The first kappa shape index (κ1) is 15.9. The Bertz CT molecular complexity index is 450. The van der Waals surface area contributed by atoms with Crippen molar-refractivity contribution in [1.29, 1.82) is 0 Å². The lowest BCUT2D eigenvalue weighted by Crippen LogP contribution is -2.41. The summed E-state index contributed by atoms with van der Waals surface area (Å²) >= 11 is 0. The molecule has 2 N–H and O–H groups in total. The van der Waals surface area contributed by atoms with Crippen LogP contribution in [0.1, 0.15) is 0 Å². The maximum absolute atomic E-state index is 11.8. The quantitative estimate of drug-likeness (QED) is 0.635. The van der Waals surface area contributed by atoms with E-state index in [-0.39, 0.29) is 38.7 Å². The van der Waals surface area contributed by atoms with Crippen molar-refractivity contribution in [3.05, 3.63) is 0 Å². The first-order valence-corrected chi connectivity index (χ1v) is 7.61. The number of hydrogen-bond acceptors (Lipinski definition) is 5. The molecule has 1 fully saturated rings. The molecule has 8 nitrogen and oxygen atoms in total. The number of primary amides is 1. The van der Waals surface area contributed by atoms with Crippen LogP contribution >= 0.6 is 0 Å². The highest BCUT2D eigenvalue weighted by Crippen LogP contribution is 2.12. The number of ether oxygens (including phenoxy) is 1. The molecule has 9 heteroatoms. The highest BCUT2D eigenvalue weighted by atomic mass is 32.2. The summed E-state index contributed by atoms with van der Waals surface area (Å²) in [7, 11) is -2.03. The molecule has 0 aromatic rings. The Labute approximate surface area is 112 Å². The molecule has 1 aliphatic heterocycles. The van der Waals surface area contributed by atoms with Gasteiger partial charge in [-0.3, -0.25) is 9.59 Å². The third kappa shape index (κ3) is 4.44. The van der Waals surface area contributed by atoms with Crippen LogP contribution in [0.15, 0.2) is 0 Å². The highest BCUT2D eigenvalue weighted by molar-refractivity contribution is 7.88. The minimum Gasteiger partial charge on any atom is -0.375 e. The molecule has 0 radical (unpaired) electrons. The molecular weight excluding hydrogens is 274 g/mol. The van der Waals surface area contributed by atoms with Crippen molar-refractivity contribution in [2.24, 2.45) is 11.7 Å². The lowest BCUT2D eigenvalue weighted by Gasteiger charge is -2.22. The Kier molecular flexibility index (Phi) is 5.27. The number of amides is 2. The number of hydrogen-bond donors (Lipinski definition) is 1. The van der Waals surface area contributed by atoms with E-state index in [1.165, 1.54) is 16.3 Å². The molecule has 0 aliphatic carbocycles. The molecule has 0 aromatic carbocycles. The van der Waals surface area contributed by atoms with Crippen LogP contribution in [0.2, 0.25) is 0 Å². The maximum Gasteiger partial charge on any atom is 0.248 e. The van der Waals surface area contributed by atoms with Gasteiger partial charge >= 0.3 is 0 Å².